The summed E-state index contributed by atoms with van der Waals surface area (Å²) in [4.78, 5) is 0. The number of halogens is 5. The fraction of sp³-hybridized carbons (Fsp3) is 0.429. The summed E-state index contributed by atoms with van der Waals surface area (Å²) in [6.07, 6.45) is -4.51. The van der Waals surface area contributed by atoms with Gasteiger partial charge >= 0.3 is 12.3 Å². The van der Waals surface area contributed by atoms with Crippen molar-refractivity contribution in [2.75, 3.05) is 19.1 Å². The van der Waals surface area contributed by atoms with Gasteiger partial charge in [-0.1, -0.05) is 38.1 Å². The molecule has 0 saturated heterocycles. The van der Waals surface area contributed by atoms with E-state index in [4.69, 9.17) is 21.1 Å². The van der Waals surface area contributed by atoms with E-state index < -0.39 is 30.5 Å². The fourth-order valence-corrected chi connectivity index (χ4v) is 2.67. The summed E-state index contributed by atoms with van der Waals surface area (Å²) in [5.74, 6) is -3.42. The zero-order valence-corrected chi connectivity index (χ0v) is 16.8. The minimum atomic E-state index is -4.19. The normalized spacial score (nSPS) is 13.4. The number of aliphatic hydroxyl groups is 1. The fourth-order valence-electron chi connectivity index (χ4n) is 2.58. The van der Waals surface area contributed by atoms with E-state index in [9.17, 15) is 22.7 Å². The van der Waals surface area contributed by atoms with E-state index in [1.165, 1.54) is 12.1 Å². The lowest BCUT2D eigenvalue weighted by molar-refractivity contribution is -0.148. The van der Waals surface area contributed by atoms with Gasteiger partial charge in [0.1, 0.15) is 24.2 Å². The van der Waals surface area contributed by atoms with Crippen LogP contribution in [-0.4, -0.2) is 42.7 Å². The van der Waals surface area contributed by atoms with Gasteiger partial charge in [-0.15, -0.1) is 11.6 Å². The Morgan fingerprint density at radius 1 is 0.897 bits per heavy atom. The first-order chi connectivity index (χ1) is 13.6. The van der Waals surface area contributed by atoms with Crippen LogP contribution in [0.1, 0.15) is 25.0 Å². The predicted octanol–water partition coefficient (Wildman–Crippen LogP) is 5.27. The molecule has 0 heterocycles. The van der Waals surface area contributed by atoms with Crippen molar-refractivity contribution in [1.82, 2.24) is 0 Å². The smallest absolute Gasteiger partial charge is 0.340 e. The summed E-state index contributed by atoms with van der Waals surface area (Å²) in [7, 11) is 0. The maximum Gasteiger partial charge on any atom is 0.340 e. The molecule has 3 nitrogen and oxygen atoms in total. The molecule has 2 aromatic carbocycles. The van der Waals surface area contributed by atoms with Crippen LogP contribution < -0.4 is 9.47 Å². The highest BCUT2D eigenvalue weighted by Crippen LogP contribution is 2.33. The number of hydrogen-bond donors (Lipinski definition) is 1. The van der Waals surface area contributed by atoms with Crippen molar-refractivity contribution in [2.45, 2.75) is 37.7 Å². The number of ether oxygens (including phenoxy) is 2. The molecule has 0 aliphatic rings. The van der Waals surface area contributed by atoms with Gasteiger partial charge in [0.2, 0.25) is 0 Å². The maximum atomic E-state index is 13.0. The van der Waals surface area contributed by atoms with E-state index in [-0.39, 0.29) is 18.2 Å². The Hall–Kier alpha value is -1.99. The molecule has 0 amide bonds. The topological polar surface area (TPSA) is 38.7 Å². The molecule has 0 saturated carbocycles. The summed E-state index contributed by atoms with van der Waals surface area (Å²) in [6.45, 7) is 2.69. The summed E-state index contributed by atoms with van der Waals surface area (Å²) in [6, 6.07) is 13.7. The number of hydrogen-bond acceptors (Lipinski definition) is 3. The third-order valence-corrected chi connectivity index (χ3v) is 4.88. The van der Waals surface area contributed by atoms with Gasteiger partial charge in [-0.3, -0.25) is 0 Å². The molecule has 29 heavy (non-hydrogen) atoms. The monoisotopic (exact) mass is 434 g/mol. The molecule has 8 heteroatoms. The molecule has 2 aromatic rings. The van der Waals surface area contributed by atoms with Gasteiger partial charge in [-0.05, 0) is 35.4 Å². The standard InChI is InChI=1S/C21H23ClF4O3/c1-20(2,14-3-7-17(8-4-14)28-12-16(27)11-22)15-5-9-18(10-6-15)29-13-21(25,26)19(23)24/h3-10,16,19,27H,11-13H2,1-2H3/t16-/m0/s1. The zero-order valence-electron chi connectivity index (χ0n) is 16.0. The highest BCUT2D eigenvalue weighted by atomic mass is 35.5. The summed E-state index contributed by atoms with van der Waals surface area (Å²) >= 11 is 5.53. The van der Waals surface area contributed by atoms with Gasteiger partial charge in [0, 0.05) is 5.41 Å². The lowest BCUT2D eigenvalue weighted by Crippen LogP contribution is -2.33. The van der Waals surface area contributed by atoms with Crippen LogP contribution in [0.25, 0.3) is 0 Å². The third-order valence-electron chi connectivity index (χ3n) is 4.52. The van der Waals surface area contributed by atoms with Crippen LogP contribution in [0.15, 0.2) is 48.5 Å². The number of alkyl halides is 5. The van der Waals surface area contributed by atoms with Gasteiger partial charge in [0.25, 0.3) is 0 Å². The van der Waals surface area contributed by atoms with Crippen molar-refractivity contribution in [1.29, 1.82) is 0 Å². The molecule has 1 atom stereocenters. The lowest BCUT2D eigenvalue weighted by Gasteiger charge is -2.26. The van der Waals surface area contributed by atoms with Crippen molar-refractivity contribution < 1.29 is 32.1 Å². The van der Waals surface area contributed by atoms with E-state index in [0.29, 0.717) is 5.75 Å². The Bertz CT molecular complexity index is 765. The van der Waals surface area contributed by atoms with Crippen LogP contribution in [0.2, 0.25) is 0 Å². The molecule has 0 unspecified atom stereocenters. The zero-order chi connectivity index (χ0) is 21.7. The van der Waals surface area contributed by atoms with Crippen LogP contribution in [-0.2, 0) is 5.41 Å². The average molecular weight is 435 g/mol. The van der Waals surface area contributed by atoms with Gasteiger partial charge < -0.3 is 14.6 Å². The third kappa shape index (κ3) is 6.24. The van der Waals surface area contributed by atoms with Crippen molar-refractivity contribution in [2.24, 2.45) is 0 Å². The van der Waals surface area contributed by atoms with Crippen molar-refractivity contribution in [3.05, 3.63) is 59.7 Å². The molecule has 0 aliphatic carbocycles. The molecule has 1 N–H and O–H groups in total. The highest BCUT2D eigenvalue weighted by Gasteiger charge is 2.41. The van der Waals surface area contributed by atoms with Crippen molar-refractivity contribution in [3.63, 3.8) is 0 Å². The molecular weight excluding hydrogens is 412 g/mol. The molecule has 2 rings (SSSR count). The van der Waals surface area contributed by atoms with Gasteiger partial charge in [-0.25, -0.2) is 8.78 Å². The molecular formula is C21H23ClF4O3. The van der Waals surface area contributed by atoms with Crippen LogP contribution in [0.5, 0.6) is 11.5 Å². The second-order valence-corrected chi connectivity index (χ2v) is 7.45. The number of benzene rings is 2. The van der Waals surface area contributed by atoms with Gasteiger partial charge in [0.15, 0.2) is 6.61 Å². The van der Waals surface area contributed by atoms with E-state index in [1.807, 2.05) is 26.0 Å². The highest BCUT2D eigenvalue weighted by molar-refractivity contribution is 6.18. The van der Waals surface area contributed by atoms with E-state index in [0.717, 1.165) is 11.1 Å². The van der Waals surface area contributed by atoms with Crippen LogP contribution in [0.3, 0.4) is 0 Å². The summed E-state index contributed by atoms with van der Waals surface area (Å²) in [5, 5.41) is 9.44. The molecule has 0 radical (unpaired) electrons. The maximum absolute atomic E-state index is 13.0. The van der Waals surface area contributed by atoms with Crippen molar-refractivity contribution in [3.8, 4) is 11.5 Å². The first-order valence-corrected chi connectivity index (χ1v) is 9.46. The van der Waals surface area contributed by atoms with Crippen LogP contribution >= 0.6 is 11.6 Å². The second kappa shape index (κ2) is 9.67. The molecule has 160 valence electrons. The Balaban J connectivity index is 2.05. The van der Waals surface area contributed by atoms with Gasteiger partial charge in [-0.2, -0.15) is 8.78 Å². The Morgan fingerprint density at radius 2 is 1.34 bits per heavy atom. The molecule has 0 fully saturated rings. The van der Waals surface area contributed by atoms with Gasteiger partial charge in [0.05, 0.1) is 5.88 Å². The molecule has 0 aromatic heterocycles. The second-order valence-electron chi connectivity index (χ2n) is 7.14. The Morgan fingerprint density at radius 3 is 1.76 bits per heavy atom. The number of aliphatic hydroxyl groups excluding tert-OH is 1. The lowest BCUT2D eigenvalue weighted by atomic mass is 9.78. The summed E-state index contributed by atoms with van der Waals surface area (Å²) < 4.78 is 60.6. The van der Waals surface area contributed by atoms with E-state index in [1.54, 1.807) is 24.3 Å². The Kier molecular flexibility index (Phi) is 7.77. The van der Waals surface area contributed by atoms with Crippen LogP contribution in [0, 0.1) is 0 Å². The molecule has 0 spiro atoms. The van der Waals surface area contributed by atoms with E-state index >= 15 is 0 Å². The average Bonchev–Trinajstić information content (AvgIpc) is 2.71. The molecule has 0 bridgehead atoms. The first kappa shape index (κ1) is 23.3. The minimum Gasteiger partial charge on any atom is -0.491 e. The first-order valence-electron chi connectivity index (χ1n) is 8.93. The predicted molar refractivity (Wildman–Crippen MR) is 104 cm³/mol. The number of rotatable bonds is 10. The Labute approximate surface area is 172 Å². The van der Waals surface area contributed by atoms with E-state index in [2.05, 4.69) is 0 Å². The largest absolute Gasteiger partial charge is 0.491 e. The summed E-state index contributed by atoms with van der Waals surface area (Å²) in [5.41, 5.74) is 1.44. The molecule has 0 aliphatic heterocycles. The quantitative estimate of drug-likeness (QED) is 0.409. The SMILES string of the molecule is CC(C)(c1ccc(OC[C@@H](O)CCl)cc1)c1ccc(OCC(F)(F)C(F)F)cc1. The van der Waals surface area contributed by atoms with Crippen LogP contribution in [0.4, 0.5) is 17.6 Å². The van der Waals surface area contributed by atoms with Crippen molar-refractivity contribution >= 4 is 11.6 Å². The minimum absolute atomic E-state index is 0.0879.